The molecule has 0 fully saturated rings. The van der Waals surface area contributed by atoms with Crippen molar-refractivity contribution in [2.45, 2.75) is 194 Å². The molecule has 43 heavy (non-hydrogen) atoms. The average Bonchev–Trinajstić information content (AvgIpc) is 3.00. The number of hydrogen-bond acceptors (Lipinski definition) is 2. The normalized spacial score (nSPS) is 10.3. The molecule has 0 amide bonds. The summed E-state index contributed by atoms with van der Waals surface area (Å²) in [5.41, 5.74) is 0. The predicted molar refractivity (Wildman–Crippen MR) is 193 cm³/mol. The van der Waals surface area contributed by atoms with Crippen molar-refractivity contribution in [1.29, 1.82) is 0 Å². The maximum Gasteiger partial charge on any atom is 0.0248 e. The Morgan fingerprint density at radius 2 is 0.767 bits per heavy atom. The summed E-state index contributed by atoms with van der Waals surface area (Å²) in [4.78, 5) is 0.331. The van der Waals surface area contributed by atoms with Gasteiger partial charge in [0.25, 0.3) is 0 Å². The topological polar surface area (TPSA) is 40.1 Å². The van der Waals surface area contributed by atoms with Gasteiger partial charge >= 0.3 is 0 Å². The van der Waals surface area contributed by atoms with E-state index in [9.17, 15) is 8.76 Å². The van der Waals surface area contributed by atoms with Crippen molar-refractivity contribution in [3.8, 4) is 0 Å². The van der Waals surface area contributed by atoms with Gasteiger partial charge in [-0.2, -0.15) is 33.1 Å². The van der Waals surface area contributed by atoms with E-state index in [4.69, 9.17) is 0 Å². The predicted octanol–water partition coefficient (Wildman–Crippen LogP) is 14.0. The van der Waals surface area contributed by atoms with Crippen LogP contribution in [0, 0.1) is 27.2 Å². The Morgan fingerprint density at radius 1 is 0.535 bits per heavy atom. The Morgan fingerprint density at radius 3 is 0.953 bits per heavy atom. The molecule has 4 heteroatoms. The van der Waals surface area contributed by atoms with Crippen LogP contribution in [0.15, 0.2) is 35.2 Å². The molecule has 0 heterocycles. The van der Waals surface area contributed by atoms with Crippen LogP contribution in [0.2, 0.25) is 0 Å². The number of rotatable bonds is 22. The quantitative estimate of drug-likeness (QED) is 0.0540. The fourth-order valence-corrected chi connectivity index (χ4v) is 4.31. The summed E-state index contributed by atoms with van der Waals surface area (Å²) in [5.74, 6) is 0. The number of unbranched alkanes of at least 4 members (excludes halogenated alkanes) is 21. The van der Waals surface area contributed by atoms with Crippen molar-refractivity contribution >= 4 is 11.1 Å². The van der Waals surface area contributed by atoms with E-state index < -0.39 is 11.1 Å². The van der Waals surface area contributed by atoms with Gasteiger partial charge in [-0.3, -0.25) is 4.21 Å². The minimum absolute atomic E-state index is 0. The molecule has 0 spiro atoms. The fourth-order valence-electron chi connectivity index (χ4n) is 3.93. The van der Waals surface area contributed by atoms with Crippen molar-refractivity contribution in [3.63, 3.8) is 0 Å². The zero-order valence-corrected chi connectivity index (χ0v) is 32.2. The zero-order valence-electron chi connectivity index (χ0n) is 29.8. The van der Waals surface area contributed by atoms with Crippen LogP contribution in [0.25, 0.3) is 0 Å². The van der Waals surface area contributed by atoms with Gasteiger partial charge in [0.15, 0.2) is 0 Å². The molecule has 0 saturated carbocycles. The first-order chi connectivity index (χ1) is 20.5. The Hall–Kier alpha value is 0.0443. The molecule has 0 aromatic heterocycles. The third-order valence-electron chi connectivity index (χ3n) is 6.50. The maximum absolute atomic E-state index is 10.2. The van der Waals surface area contributed by atoms with Crippen LogP contribution in [-0.4, -0.2) is 8.76 Å². The van der Waals surface area contributed by atoms with E-state index in [1.54, 1.807) is 30.3 Å². The van der Waals surface area contributed by atoms with Gasteiger partial charge in [-0.25, -0.2) is 0 Å². The summed E-state index contributed by atoms with van der Waals surface area (Å²) < 4.78 is 20.4. The Balaban J connectivity index is -0.000000143. The van der Waals surface area contributed by atoms with E-state index in [-0.39, 0.29) is 21.7 Å². The smallest absolute Gasteiger partial charge is 0.0248 e. The van der Waals surface area contributed by atoms with Gasteiger partial charge in [0.05, 0.1) is 0 Å². The summed E-state index contributed by atoms with van der Waals surface area (Å²) in [7, 11) is 0. The molecule has 0 aliphatic rings. The first kappa shape index (κ1) is 52.6. The van der Waals surface area contributed by atoms with Crippen LogP contribution < -0.4 is 0 Å². The summed E-state index contributed by atoms with van der Waals surface area (Å²) in [6.07, 6.45) is 34.8. The largest absolute Gasteiger partial charge is 0.768 e. The summed E-state index contributed by atoms with van der Waals surface area (Å²) >= 11 is -2.08. The van der Waals surface area contributed by atoms with E-state index in [1.807, 2.05) is 20.3 Å². The van der Waals surface area contributed by atoms with Crippen LogP contribution in [-0.2, 0) is 32.8 Å². The van der Waals surface area contributed by atoms with Crippen LogP contribution in [0.1, 0.15) is 189 Å². The molecule has 258 valence electrons. The SMILES string of the molecule is C[CH-]C.O=S([O-])c1ccccc1.[CH2-]CCCCCCCCC.[CH2-]CCCCCCCCC.[CH2-]CCCCCCCCC.[Ti]. The zero-order chi connectivity index (χ0) is 32.4. The molecule has 0 aliphatic carbocycles. The second kappa shape index (κ2) is 54.5. The average molecular weight is 656 g/mol. The summed E-state index contributed by atoms with van der Waals surface area (Å²) in [5, 5.41) is 0. The summed E-state index contributed by atoms with van der Waals surface area (Å²) in [6.45, 7) is 22.2. The summed E-state index contributed by atoms with van der Waals surface area (Å²) in [6, 6.07) is 8.23. The molecule has 1 rings (SSSR count). The van der Waals surface area contributed by atoms with E-state index in [0.29, 0.717) is 4.90 Å². The van der Waals surface area contributed by atoms with Gasteiger partial charge in [-0.15, -0.1) is 0 Å². The van der Waals surface area contributed by atoms with Crippen LogP contribution in [0.3, 0.4) is 0 Å². The molecule has 2 nitrogen and oxygen atoms in total. The van der Waals surface area contributed by atoms with Crippen LogP contribution in [0.5, 0.6) is 0 Å². The van der Waals surface area contributed by atoms with E-state index in [1.165, 1.54) is 135 Å². The van der Waals surface area contributed by atoms with Crippen molar-refractivity contribution in [2.75, 3.05) is 0 Å². The van der Waals surface area contributed by atoms with Gasteiger partial charge < -0.3 is 31.7 Å². The van der Waals surface area contributed by atoms with Gasteiger partial charge in [0.1, 0.15) is 0 Å². The Kier molecular flexibility index (Phi) is 66.7. The van der Waals surface area contributed by atoms with Gasteiger partial charge in [-0.05, 0) is 23.2 Å². The molecule has 0 saturated heterocycles. The molecular formula is C39H75O2STi-5. The van der Waals surface area contributed by atoms with E-state index in [0.717, 1.165) is 19.3 Å². The molecule has 1 unspecified atom stereocenters. The monoisotopic (exact) mass is 655 g/mol. The fraction of sp³-hybridized carbons (Fsp3) is 0.744. The Bertz CT molecular complexity index is 491. The van der Waals surface area contributed by atoms with Crippen molar-refractivity contribution in [1.82, 2.24) is 0 Å². The standard InChI is InChI=1S/3C10H21.C6H6O2S.C3H7.Ti/c3*1-3-5-7-9-10-8-6-4-2;7-9(8)6-4-2-1-3-5-6;1-3-2;/h3*1,3-10H2,2H3;1-5H,(H,7,8);3H,1-2H3;/q3*-1;;-1;/p-1. The van der Waals surface area contributed by atoms with E-state index >= 15 is 0 Å². The van der Waals surface area contributed by atoms with Crippen molar-refractivity contribution in [3.05, 3.63) is 57.5 Å². The third-order valence-corrected chi connectivity index (χ3v) is 7.15. The molecule has 1 aromatic rings. The first-order valence-electron chi connectivity index (χ1n) is 17.7. The first-order valence-corrected chi connectivity index (χ1v) is 18.8. The molecular weight excluding hydrogens is 580 g/mol. The van der Waals surface area contributed by atoms with Gasteiger partial charge in [-0.1, -0.05) is 174 Å². The second-order valence-electron chi connectivity index (χ2n) is 11.0. The van der Waals surface area contributed by atoms with Crippen molar-refractivity contribution in [2.24, 2.45) is 0 Å². The molecule has 0 N–H and O–H groups in total. The van der Waals surface area contributed by atoms with Gasteiger partial charge in [0, 0.05) is 26.6 Å². The van der Waals surface area contributed by atoms with Gasteiger partial charge in [0.2, 0.25) is 0 Å². The second-order valence-corrected chi connectivity index (χ2v) is 12.0. The molecule has 0 bridgehead atoms. The molecule has 0 radical (unpaired) electrons. The number of hydrogen-bond donors (Lipinski definition) is 0. The Labute approximate surface area is 291 Å². The maximum atomic E-state index is 10.2. The third kappa shape index (κ3) is 61.7. The molecule has 0 aliphatic heterocycles. The van der Waals surface area contributed by atoms with Crippen LogP contribution >= 0.6 is 0 Å². The van der Waals surface area contributed by atoms with E-state index in [2.05, 4.69) is 41.5 Å². The molecule has 1 aromatic carbocycles. The van der Waals surface area contributed by atoms with Crippen LogP contribution in [0.4, 0.5) is 0 Å². The molecule has 1 atom stereocenters. The minimum Gasteiger partial charge on any atom is -0.768 e. The minimum atomic E-state index is -2.08. The van der Waals surface area contributed by atoms with Crippen molar-refractivity contribution < 1.29 is 30.5 Å². The number of benzene rings is 1.